The van der Waals surface area contributed by atoms with Crippen LogP contribution in [0.2, 0.25) is 0 Å². The third kappa shape index (κ3) is 4.87. The van der Waals surface area contributed by atoms with Crippen molar-refractivity contribution in [1.82, 2.24) is 4.90 Å². The van der Waals surface area contributed by atoms with Crippen LogP contribution in [0.1, 0.15) is 25.7 Å². The number of carbonyl (C=O) groups excluding carboxylic acids is 1. The van der Waals surface area contributed by atoms with Crippen LogP contribution >= 0.6 is 0 Å². The van der Waals surface area contributed by atoms with Gasteiger partial charge in [0.1, 0.15) is 0 Å². The lowest BCUT2D eigenvalue weighted by atomic mass is 10.1. The number of hydrogen-bond donors (Lipinski definition) is 2. The SMILES string of the molecule is C#CCN(CC1CC1)C(=O)C(N)CCC(=O)O. The lowest BCUT2D eigenvalue weighted by Gasteiger charge is -2.23. The summed E-state index contributed by atoms with van der Waals surface area (Å²) < 4.78 is 0. The molecule has 0 aromatic carbocycles. The van der Waals surface area contributed by atoms with E-state index in [0.29, 0.717) is 12.5 Å². The summed E-state index contributed by atoms with van der Waals surface area (Å²) in [5, 5.41) is 8.53. The zero-order valence-corrected chi connectivity index (χ0v) is 9.76. The molecule has 1 unspecified atom stereocenters. The second-order valence-corrected chi connectivity index (χ2v) is 4.41. The number of amides is 1. The van der Waals surface area contributed by atoms with E-state index in [1.165, 1.54) is 0 Å². The predicted octanol–water partition coefficient (Wildman–Crippen LogP) is 0.0503. The first-order valence-electron chi connectivity index (χ1n) is 5.74. The molecular weight excluding hydrogens is 220 g/mol. The summed E-state index contributed by atoms with van der Waals surface area (Å²) >= 11 is 0. The third-order valence-corrected chi connectivity index (χ3v) is 2.76. The van der Waals surface area contributed by atoms with Gasteiger partial charge in [0, 0.05) is 13.0 Å². The summed E-state index contributed by atoms with van der Waals surface area (Å²) in [6.45, 7) is 0.889. The molecule has 94 valence electrons. The molecule has 0 radical (unpaired) electrons. The molecule has 0 saturated heterocycles. The van der Waals surface area contributed by atoms with E-state index in [1.54, 1.807) is 4.90 Å². The van der Waals surface area contributed by atoms with Crippen LogP contribution in [-0.2, 0) is 9.59 Å². The summed E-state index contributed by atoms with van der Waals surface area (Å²) in [5.74, 6) is 1.79. The van der Waals surface area contributed by atoms with Crippen LogP contribution in [0.3, 0.4) is 0 Å². The molecule has 5 nitrogen and oxygen atoms in total. The van der Waals surface area contributed by atoms with Gasteiger partial charge in [-0.25, -0.2) is 0 Å². The molecule has 0 bridgehead atoms. The van der Waals surface area contributed by atoms with Crippen molar-refractivity contribution in [2.45, 2.75) is 31.7 Å². The maximum atomic E-state index is 11.9. The van der Waals surface area contributed by atoms with E-state index < -0.39 is 12.0 Å². The topological polar surface area (TPSA) is 83.6 Å². The number of nitrogens with two attached hydrogens (primary N) is 1. The first kappa shape index (κ1) is 13.5. The van der Waals surface area contributed by atoms with Crippen LogP contribution in [0.25, 0.3) is 0 Å². The zero-order chi connectivity index (χ0) is 12.8. The van der Waals surface area contributed by atoms with Crippen molar-refractivity contribution in [2.75, 3.05) is 13.1 Å². The highest BCUT2D eigenvalue weighted by Gasteiger charge is 2.28. The fourth-order valence-electron chi connectivity index (χ4n) is 1.59. The van der Waals surface area contributed by atoms with Gasteiger partial charge in [-0.3, -0.25) is 9.59 Å². The average Bonchev–Trinajstić information content (AvgIpc) is 3.08. The van der Waals surface area contributed by atoms with E-state index in [-0.39, 0.29) is 25.3 Å². The van der Waals surface area contributed by atoms with Gasteiger partial charge in [-0.05, 0) is 25.2 Å². The molecule has 1 fully saturated rings. The van der Waals surface area contributed by atoms with Crippen LogP contribution in [0.15, 0.2) is 0 Å². The van der Waals surface area contributed by atoms with Crippen molar-refractivity contribution in [2.24, 2.45) is 11.7 Å². The van der Waals surface area contributed by atoms with Crippen molar-refractivity contribution in [3.63, 3.8) is 0 Å². The fraction of sp³-hybridized carbons (Fsp3) is 0.667. The minimum absolute atomic E-state index is 0.0970. The van der Waals surface area contributed by atoms with Crippen molar-refractivity contribution in [1.29, 1.82) is 0 Å². The molecular formula is C12H18N2O3. The number of carboxylic acid groups (broad SMARTS) is 1. The van der Waals surface area contributed by atoms with Gasteiger partial charge in [-0.1, -0.05) is 5.92 Å². The molecule has 0 aromatic rings. The Bertz CT molecular complexity index is 331. The molecule has 1 rings (SSSR count). The summed E-state index contributed by atoms with van der Waals surface area (Å²) in [4.78, 5) is 23.9. The quantitative estimate of drug-likeness (QED) is 0.614. The maximum absolute atomic E-state index is 11.9. The molecule has 5 heteroatoms. The van der Waals surface area contributed by atoms with E-state index in [0.717, 1.165) is 12.8 Å². The second kappa shape index (κ2) is 6.26. The van der Waals surface area contributed by atoms with Gasteiger partial charge in [0.25, 0.3) is 0 Å². The summed E-state index contributed by atoms with van der Waals surface area (Å²) in [6, 6.07) is -0.766. The molecule has 1 saturated carbocycles. The number of hydrogen-bond acceptors (Lipinski definition) is 3. The monoisotopic (exact) mass is 238 g/mol. The highest BCUT2D eigenvalue weighted by molar-refractivity contribution is 5.82. The number of nitrogens with zero attached hydrogens (tertiary/aromatic N) is 1. The Morgan fingerprint density at radius 3 is 2.65 bits per heavy atom. The number of terminal acetylenes is 1. The van der Waals surface area contributed by atoms with Crippen molar-refractivity contribution < 1.29 is 14.7 Å². The molecule has 0 heterocycles. The van der Waals surface area contributed by atoms with Crippen molar-refractivity contribution in [3.8, 4) is 12.3 Å². The Morgan fingerprint density at radius 1 is 1.53 bits per heavy atom. The summed E-state index contributed by atoms with van der Waals surface area (Å²) in [5.41, 5.74) is 5.67. The third-order valence-electron chi connectivity index (χ3n) is 2.76. The molecule has 1 atom stereocenters. The number of carboxylic acids is 1. The summed E-state index contributed by atoms with van der Waals surface area (Å²) in [6.07, 6.45) is 7.51. The molecule has 3 N–H and O–H groups in total. The molecule has 0 aliphatic heterocycles. The predicted molar refractivity (Wildman–Crippen MR) is 63.0 cm³/mol. The van der Waals surface area contributed by atoms with Gasteiger partial charge in [0.15, 0.2) is 0 Å². The van der Waals surface area contributed by atoms with Crippen LogP contribution < -0.4 is 5.73 Å². The maximum Gasteiger partial charge on any atom is 0.303 e. The number of carbonyl (C=O) groups is 2. The average molecular weight is 238 g/mol. The Hall–Kier alpha value is -1.54. The first-order valence-corrected chi connectivity index (χ1v) is 5.74. The van der Waals surface area contributed by atoms with Gasteiger partial charge in [0.05, 0.1) is 12.6 Å². The van der Waals surface area contributed by atoms with Crippen molar-refractivity contribution in [3.05, 3.63) is 0 Å². The molecule has 1 aliphatic carbocycles. The normalized spacial score (nSPS) is 16.0. The van der Waals surface area contributed by atoms with E-state index in [2.05, 4.69) is 5.92 Å². The number of rotatable bonds is 7. The molecule has 17 heavy (non-hydrogen) atoms. The fourth-order valence-corrected chi connectivity index (χ4v) is 1.59. The van der Waals surface area contributed by atoms with Gasteiger partial charge in [-0.15, -0.1) is 6.42 Å². The Labute approximate surface area is 101 Å². The molecule has 1 aliphatic rings. The first-order chi connectivity index (χ1) is 8.04. The lowest BCUT2D eigenvalue weighted by Crippen LogP contribution is -2.45. The van der Waals surface area contributed by atoms with Gasteiger partial charge >= 0.3 is 5.97 Å². The van der Waals surface area contributed by atoms with E-state index in [4.69, 9.17) is 17.3 Å². The largest absolute Gasteiger partial charge is 0.481 e. The number of aliphatic carboxylic acids is 1. The molecule has 0 aromatic heterocycles. The van der Waals surface area contributed by atoms with Crippen LogP contribution in [-0.4, -0.2) is 41.0 Å². The minimum atomic E-state index is -0.945. The Kier molecular flexibility index (Phi) is 4.98. The van der Waals surface area contributed by atoms with Gasteiger partial charge < -0.3 is 15.7 Å². The summed E-state index contributed by atoms with van der Waals surface area (Å²) in [7, 11) is 0. The minimum Gasteiger partial charge on any atom is -0.481 e. The van der Waals surface area contributed by atoms with Crippen LogP contribution in [0.4, 0.5) is 0 Å². The second-order valence-electron chi connectivity index (χ2n) is 4.41. The van der Waals surface area contributed by atoms with E-state index >= 15 is 0 Å². The smallest absolute Gasteiger partial charge is 0.303 e. The Morgan fingerprint density at radius 2 is 2.18 bits per heavy atom. The lowest BCUT2D eigenvalue weighted by molar-refractivity contribution is -0.137. The van der Waals surface area contributed by atoms with Gasteiger partial charge in [-0.2, -0.15) is 0 Å². The van der Waals surface area contributed by atoms with Crippen molar-refractivity contribution >= 4 is 11.9 Å². The highest BCUT2D eigenvalue weighted by atomic mass is 16.4. The van der Waals surface area contributed by atoms with E-state index in [9.17, 15) is 9.59 Å². The molecule has 1 amide bonds. The zero-order valence-electron chi connectivity index (χ0n) is 9.76. The Balaban J connectivity index is 2.44. The standard InChI is InChI=1S/C12H18N2O3/c1-2-7-14(8-9-3-4-9)12(17)10(13)5-6-11(15)16/h1,9-10H,3-8,13H2,(H,15,16). The van der Waals surface area contributed by atoms with E-state index in [1.807, 2.05) is 0 Å². The van der Waals surface area contributed by atoms with Crippen LogP contribution in [0, 0.1) is 18.3 Å². The highest BCUT2D eigenvalue weighted by Crippen LogP contribution is 2.29. The van der Waals surface area contributed by atoms with Gasteiger partial charge in [0.2, 0.25) is 5.91 Å². The molecule has 0 spiro atoms. The van der Waals surface area contributed by atoms with Crippen LogP contribution in [0.5, 0.6) is 0 Å².